The lowest BCUT2D eigenvalue weighted by atomic mass is 10.1. The first-order chi connectivity index (χ1) is 13.6. The topological polar surface area (TPSA) is 86.9 Å². The van der Waals surface area contributed by atoms with Crippen molar-refractivity contribution < 1.29 is 9.59 Å². The van der Waals surface area contributed by atoms with Crippen molar-refractivity contribution in [2.45, 2.75) is 19.4 Å². The minimum Gasteiger partial charge on any atom is -0.348 e. The molecular formula is C20H18N4O2S2. The summed E-state index contributed by atoms with van der Waals surface area (Å²) in [5.41, 5.74) is 2.39. The average Bonchev–Trinajstić information content (AvgIpc) is 3.40. The van der Waals surface area contributed by atoms with Gasteiger partial charge in [-0.05, 0) is 41.1 Å². The Labute approximate surface area is 169 Å². The Balaban J connectivity index is 1.49. The number of carbonyl (C=O) groups is 2. The highest BCUT2D eigenvalue weighted by Crippen LogP contribution is 2.27. The Hall–Kier alpha value is -2.97. The molecule has 0 saturated heterocycles. The maximum absolute atomic E-state index is 12.5. The van der Waals surface area contributed by atoms with Crippen molar-refractivity contribution in [3.05, 3.63) is 58.1 Å². The molecule has 3 heterocycles. The van der Waals surface area contributed by atoms with Crippen molar-refractivity contribution in [1.82, 2.24) is 15.3 Å². The van der Waals surface area contributed by atoms with Crippen LogP contribution in [0, 0.1) is 0 Å². The average molecular weight is 411 g/mol. The van der Waals surface area contributed by atoms with Gasteiger partial charge >= 0.3 is 0 Å². The van der Waals surface area contributed by atoms with Crippen LogP contribution in [-0.4, -0.2) is 21.8 Å². The summed E-state index contributed by atoms with van der Waals surface area (Å²) in [6.45, 7) is 1.45. The molecule has 4 rings (SSSR count). The lowest BCUT2D eigenvalue weighted by Crippen LogP contribution is -2.29. The molecule has 6 nitrogen and oxygen atoms in total. The van der Waals surface area contributed by atoms with Crippen LogP contribution in [0.4, 0.5) is 5.69 Å². The molecule has 0 fully saturated rings. The number of amides is 2. The van der Waals surface area contributed by atoms with E-state index in [-0.39, 0.29) is 24.3 Å². The number of imidazole rings is 1. The second-order valence-corrected chi connectivity index (χ2v) is 8.24. The van der Waals surface area contributed by atoms with Gasteiger partial charge in [-0.15, -0.1) is 22.7 Å². The first-order valence-electron chi connectivity index (χ1n) is 8.72. The van der Waals surface area contributed by atoms with Crippen molar-refractivity contribution in [3.8, 4) is 10.7 Å². The molecule has 1 unspecified atom stereocenters. The van der Waals surface area contributed by atoms with Gasteiger partial charge in [0.15, 0.2) is 0 Å². The predicted molar refractivity (Wildman–Crippen MR) is 114 cm³/mol. The number of fused-ring (bicyclic) bond motifs is 1. The van der Waals surface area contributed by atoms with E-state index in [0.717, 1.165) is 26.6 Å². The first-order valence-corrected chi connectivity index (χ1v) is 10.5. The van der Waals surface area contributed by atoms with Crippen LogP contribution >= 0.6 is 22.7 Å². The normalized spacial score (nSPS) is 12.0. The number of aromatic amines is 1. The fourth-order valence-corrected chi connectivity index (χ4v) is 4.42. The summed E-state index contributed by atoms with van der Waals surface area (Å²) in [4.78, 5) is 33.9. The number of thiophene rings is 2. The van der Waals surface area contributed by atoms with Gasteiger partial charge < -0.3 is 15.6 Å². The largest absolute Gasteiger partial charge is 0.348 e. The van der Waals surface area contributed by atoms with Crippen LogP contribution in [0.5, 0.6) is 0 Å². The number of nitrogens with zero attached hydrogens (tertiary/aromatic N) is 1. The molecule has 28 heavy (non-hydrogen) atoms. The number of H-pyrrole nitrogens is 1. The van der Waals surface area contributed by atoms with Crippen LogP contribution in [0.15, 0.2) is 53.2 Å². The van der Waals surface area contributed by atoms with Crippen molar-refractivity contribution in [1.29, 1.82) is 0 Å². The van der Waals surface area contributed by atoms with Crippen LogP contribution in [-0.2, 0) is 9.59 Å². The van der Waals surface area contributed by atoms with E-state index >= 15 is 0 Å². The molecule has 0 aliphatic carbocycles. The standard InChI is InChI=1S/C20H18N4O2S2/c1-12(25)21-16(17-4-2-8-27-17)11-19(26)22-13-6-7-14-15(10-13)24-20(23-14)18-5-3-9-28-18/h2-10,16H,11H2,1H3,(H,21,25)(H,22,26)(H,23,24). The Morgan fingerprint density at radius 3 is 2.68 bits per heavy atom. The summed E-state index contributed by atoms with van der Waals surface area (Å²) in [6.07, 6.45) is 0.168. The molecule has 0 bridgehead atoms. The minimum absolute atomic E-state index is 0.161. The molecule has 3 N–H and O–H groups in total. The molecule has 3 aromatic heterocycles. The highest BCUT2D eigenvalue weighted by molar-refractivity contribution is 7.13. The van der Waals surface area contributed by atoms with Crippen molar-refractivity contribution >= 4 is 51.2 Å². The van der Waals surface area contributed by atoms with Crippen molar-refractivity contribution in [2.24, 2.45) is 0 Å². The number of anilines is 1. The van der Waals surface area contributed by atoms with Gasteiger partial charge in [0.25, 0.3) is 0 Å². The molecule has 2 amide bonds. The predicted octanol–water partition coefficient (Wildman–Crippen LogP) is 4.56. The molecule has 0 aliphatic rings. The smallest absolute Gasteiger partial charge is 0.226 e. The summed E-state index contributed by atoms with van der Waals surface area (Å²) in [5, 5.41) is 9.69. The SMILES string of the molecule is CC(=O)NC(CC(=O)Nc1ccc2nc(-c3cccs3)[nH]c2c1)c1cccs1. The van der Waals surface area contributed by atoms with E-state index in [1.54, 1.807) is 11.3 Å². The Kier molecular flexibility index (Phi) is 5.23. The number of benzene rings is 1. The fraction of sp³-hybridized carbons (Fsp3) is 0.150. The van der Waals surface area contributed by atoms with E-state index in [0.29, 0.717) is 5.69 Å². The number of hydrogen-bond donors (Lipinski definition) is 3. The molecule has 0 spiro atoms. The zero-order chi connectivity index (χ0) is 19.5. The zero-order valence-corrected chi connectivity index (χ0v) is 16.7. The van der Waals surface area contributed by atoms with Crippen LogP contribution in [0.3, 0.4) is 0 Å². The van der Waals surface area contributed by atoms with Gasteiger partial charge in [-0.1, -0.05) is 12.1 Å². The third-order valence-corrected chi connectivity index (χ3v) is 6.04. The maximum atomic E-state index is 12.5. The lowest BCUT2D eigenvalue weighted by Gasteiger charge is -2.16. The molecule has 4 aromatic rings. The molecule has 8 heteroatoms. The van der Waals surface area contributed by atoms with E-state index in [4.69, 9.17) is 0 Å². The highest BCUT2D eigenvalue weighted by Gasteiger charge is 2.18. The Morgan fingerprint density at radius 2 is 1.96 bits per heavy atom. The van der Waals surface area contributed by atoms with Gasteiger partial charge in [0.2, 0.25) is 11.8 Å². The summed E-state index contributed by atoms with van der Waals surface area (Å²) in [6, 6.07) is 13.1. The van der Waals surface area contributed by atoms with Crippen LogP contribution in [0.25, 0.3) is 21.7 Å². The quantitative estimate of drug-likeness (QED) is 0.435. The second kappa shape index (κ2) is 7.95. The molecule has 142 valence electrons. The van der Waals surface area contributed by atoms with Gasteiger partial charge in [-0.25, -0.2) is 4.98 Å². The van der Waals surface area contributed by atoms with Crippen LogP contribution in [0.2, 0.25) is 0 Å². The molecule has 0 radical (unpaired) electrons. The summed E-state index contributed by atoms with van der Waals surface area (Å²) in [5.74, 6) is 0.493. The van der Waals surface area contributed by atoms with E-state index in [1.807, 2.05) is 53.2 Å². The Bertz CT molecular complexity index is 1100. The van der Waals surface area contributed by atoms with Gasteiger partial charge in [-0.2, -0.15) is 0 Å². The van der Waals surface area contributed by atoms with Crippen molar-refractivity contribution in [2.75, 3.05) is 5.32 Å². The summed E-state index contributed by atoms with van der Waals surface area (Å²) in [7, 11) is 0. The number of rotatable bonds is 6. The van der Waals surface area contributed by atoms with E-state index in [2.05, 4.69) is 20.6 Å². The van der Waals surface area contributed by atoms with Crippen LogP contribution < -0.4 is 10.6 Å². The number of hydrogen-bond acceptors (Lipinski definition) is 5. The molecule has 1 atom stereocenters. The van der Waals surface area contributed by atoms with Crippen molar-refractivity contribution in [3.63, 3.8) is 0 Å². The highest BCUT2D eigenvalue weighted by atomic mass is 32.1. The first kappa shape index (κ1) is 18.4. The van der Waals surface area contributed by atoms with Gasteiger partial charge in [-0.3, -0.25) is 9.59 Å². The zero-order valence-electron chi connectivity index (χ0n) is 15.1. The maximum Gasteiger partial charge on any atom is 0.226 e. The monoisotopic (exact) mass is 410 g/mol. The molecule has 0 aliphatic heterocycles. The number of aromatic nitrogens is 2. The molecular weight excluding hydrogens is 392 g/mol. The van der Waals surface area contributed by atoms with E-state index in [1.165, 1.54) is 18.3 Å². The van der Waals surface area contributed by atoms with E-state index in [9.17, 15) is 9.59 Å². The van der Waals surface area contributed by atoms with Gasteiger partial charge in [0.05, 0.1) is 28.4 Å². The third kappa shape index (κ3) is 4.13. The number of carbonyl (C=O) groups excluding carboxylic acids is 2. The van der Waals surface area contributed by atoms with E-state index < -0.39 is 0 Å². The summed E-state index contributed by atoms with van der Waals surface area (Å²) < 4.78 is 0. The molecule has 1 aromatic carbocycles. The van der Waals surface area contributed by atoms with Gasteiger partial charge in [0, 0.05) is 17.5 Å². The second-order valence-electron chi connectivity index (χ2n) is 6.32. The Morgan fingerprint density at radius 1 is 1.14 bits per heavy atom. The minimum atomic E-state index is -0.334. The van der Waals surface area contributed by atoms with Crippen LogP contribution in [0.1, 0.15) is 24.3 Å². The molecule has 0 saturated carbocycles. The lowest BCUT2D eigenvalue weighted by molar-refractivity contribution is -0.120. The van der Waals surface area contributed by atoms with Gasteiger partial charge in [0.1, 0.15) is 5.82 Å². The number of nitrogens with one attached hydrogen (secondary N) is 3. The third-order valence-electron chi connectivity index (χ3n) is 4.17. The summed E-state index contributed by atoms with van der Waals surface area (Å²) >= 11 is 3.14. The fourth-order valence-electron chi connectivity index (χ4n) is 2.97.